The Kier molecular flexibility index (Phi) is 3.14. The van der Waals surface area contributed by atoms with Crippen LogP contribution in [0.2, 0.25) is 0 Å². The number of carbonyl (C=O) groups excluding carboxylic acids is 1. The summed E-state index contributed by atoms with van der Waals surface area (Å²) in [7, 11) is 0. The minimum Gasteiger partial charge on any atom is -0.398 e. The summed E-state index contributed by atoms with van der Waals surface area (Å²) < 4.78 is 37.4. The van der Waals surface area contributed by atoms with E-state index in [2.05, 4.69) is 0 Å². The number of alkyl halides is 3. The second-order valence-electron chi connectivity index (χ2n) is 2.80. The normalized spacial score (nSPS) is 11.9. The highest BCUT2D eigenvalue weighted by molar-refractivity contribution is 5.78. The molecule has 80 valence electrons. The van der Waals surface area contributed by atoms with E-state index in [-0.39, 0.29) is 11.3 Å². The van der Waals surface area contributed by atoms with E-state index in [0.717, 1.165) is 18.2 Å². The molecule has 0 saturated carbocycles. The van der Waals surface area contributed by atoms with E-state index < -0.39 is 11.7 Å². The molecule has 1 aromatic rings. The SMILES string of the molecule is Nc1cccc(C(F)(F)F)c1C=CC=O. The molecule has 5 heteroatoms. The number of benzene rings is 1. The van der Waals surface area contributed by atoms with Crippen LogP contribution >= 0.6 is 0 Å². The molecule has 0 aliphatic heterocycles. The van der Waals surface area contributed by atoms with Crippen LogP contribution in [0.5, 0.6) is 0 Å². The van der Waals surface area contributed by atoms with Crippen molar-refractivity contribution in [1.82, 2.24) is 0 Å². The molecule has 2 nitrogen and oxygen atoms in total. The number of rotatable bonds is 2. The maximum Gasteiger partial charge on any atom is 0.417 e. The highest BCUT2D eigenvalue weighted by Gasteiger charge is 2.33. The van der Waals surface area contributed by atoms with E-state index in [1.807, 2.05) is 0 Å². The predicted octanol–water partition coefficient (Wildman–Crippen LogP) is 2.50. The molecule has 1 rings (SSSR count). The lowest BCUT2D eigenvalue weighted by Crippen LogP contribution is -2.08. The number of allylic oxidation sites excluding steroid dienone is 1. The summed E-state index contributed by atoms with van der Waals surface area (Å²) >= 11 is 0. The van der Waals surface area contributed by atoms with Crippen LogP contribution < -0.4 is 5.73 Å². The number of halogens is 3. The number of aldehydes is 1. The summed E-state index contributed by atoms with van der Waals surface area (Å²) in [6, 6.07) is 3.48. The van der Waals surface area contributed by atoms with E-state index in [9.17, 15) is 18.0 Å². The van der Waals surface area contributed by atoms with Gasteiger partial charge < -0.3 is 5.73 Å². The summed E-state index contributed by atoms with van der Waals surface area (Å²) in [5.41, 5.74) is 4.35. The second-order valence-corrected chi connectivity index (χ2v) is 2.80. The lowest BCUT2D eigenvalue weighted by atomic mass is 10.0. The van der Waals surface area contributed by atoms with Crippen molar-refractivity contribution in [2.24, 2.45) is 0 Å². The smallest absolute Gasteiger partial charge is 0.398 e. The van der Waals surface area contributed by atoms with Crippen molar-refractivity contribution in [3.8, 4) is 0 Å². The zero-order valence-corrected chi connectivity index (χ0v) is 7.58. The zero-order valence-electron chi connectivity index (χ0n) is 7.58. The largest absolute Gasteiger partial charge is 0.417 e. The molecule has 15 heavy (non-hydrogen) atoms. The molecule has 0 unspecified atom stereocenters. The first-order valence-electron chi connectivity index (χ1n) is 4.04. The Hall–Kier alpha value is -1.78. The molecule has 0 heterocycles. The maximum absolute atomic E-state index is 12.5. The van der Waals surface area contributed by atoms with Crippen LogP contribution in [0.15, 0.2) is 24.3 Å². The third kappa shape index (κ3) is 2.59. The van der Waals surface area contributed by atoms with Gasteiger partial charge in [-0.05, 0) is 24.3 Å². The van der Waals surface area contributed by atoms with E-state index >= 15 is 0 Å². The third-order valence-electron chi connectivity index (χ3n) is 1.79. The number of anilines is 1. The minimum atomic E-state index is -4.47. The lowest BCUT2D eigenvalue weighted by Gasteiger charge is -2.11. The molecule has 2 N–H and O–H groups in total. The van der Waals surface area contributed by atoms with E-state index in [4.69, 9.17) is 5.73 Å². The number of nitrogen functional groups attached to an aromatic ring is 1. The summed E-state index contributed by atoms with van der Waals surface area (Å²) in [5, 5.41) is 0. The molecular weight excluding hydrogens is 207 g/mol. The van der Waals surface area contributed by atoms with Crippen LogP contribution in [-0.4, -0.2) is 6.29 Å². The van der Waals surface area contributed by atoms with Gasteiger partial charge in [-0.1, -0.05) is 6.07 Å². The van der Waals surface area contributed by atoms with Crippen molar-refractivity contribution in [2.75, 3.05) is 5.73 Å². The van der Waals surface area contributed by atoms with E-state index in [0.29, 0.717) is 6.29 Å². The van der Waals surface area contributed by atoms with Gasteiger partial charge in [0.25, 0.3) is 0 Å². The Morgan fingerprint density at radius 3 is 2.47 bits per heavy atom. The van der Waals surface area contributed by atoms with Gasteiger partial charge in [-0.25, -0.2) is 0 Å². The lowest BCUT2D eigenvalue weighted by molar-refractivity contribution is -0.137. The van der Waals surface area contributed by atoms with Gasteiger partial charge in [0.1, 0.15) is 6.29 Å². The molecule has 0 aliphatic carbocycles. The molecule has 0 bridgehead atoms. The Labute approximate surface area is 84.2 Å². The van der Waals surface area contributed by atoms with Gasteiger partial charge in [-0.3, -0.25) is 4.79 Å². The van der Waals surface area contributed by atoms with Crippen molar-refractivity contribution in [3.05, 3.63) is 35.4 Å². The van der Waals surface area contributed by atoms with Gasteiger partial charge in [0.2, 0.25) is 0 Å². The zero-order chi connectivity index (χ0) is 11.5. The Morgan fingerprint density at radius 2 is 1.93 bits per heavy atom. The van der Waals surface area contributed by atoms with Crippen molar-refractivity contribution < 1.29 is 18.0 Å². The summed E-state index contributed by atoms with van der Waals surface area (Å²) in [5.74, 6) is 0. The van der Waals surface area contributed by atoms with E-state index in [1.54, 1.807) is 0 Å². The fourth-order valence-corrected chi connectivity index (χ4v) is 1.15. The Bertz CT molecular complexity index is 396. The fraction of sp³-hybridized carbons (Fsp3) is 0.100. The van der Waals surface area contributed by atoms with Crippen LogP contribution in [-0.2, 0) is 11.0 Å². The maximum atomic E-state index is 12.5. The molecular formula is C10H8F3NO. The van der Waals surface area contributed by atoms with Gasteiger partial charge in [-0.2, -0.15) is 13.2 Å². The Morgan fingerprint density at radius 1 is 1.27 bits per heavy atom. The van der Waals surface area contributed by atoms with E-state index in [1.165, 1.54) is 12.1 Å². The molecule has 0 aromatic heterocycles. The van der Waals surface area contributed by atoms with Crippen LogP contribution in [0.25, 0.3) is 6.08 Å². The van der Waals surface area contributed by atoms with Gasteiger partial charge in [-0.15, -0.1) is 0 Å². The quantitative estimate of drug-likeness (QED) is 0.468. The molecule has 0 radical (unpaired) electrons. The number of hydrogen-bond donors (Lipinski definition) is 1. The monoisotopic (exact) mass is 215 g/mol. The van der Waals surface area contributed by atoms with Crippen molar-refractivity contribution >= 4 is 18.0 Å². The summed E-state index contributed by atoms with van der Waals surface area (Å²) in [6.45, 7) is 0. The van der Waals surface area contributed by atoms with Crippen molar-refractivity contribution in [2.45, 2.75) is 6.18 Å². The van der Waals surface area contributed by atoms with Crippen LogP contribution in [0.1, 0.15) is 11.1 Å². The molecule has 1 aromatic carbocycles. The average Bonchev–Trinajstić information content (AvgIpc) is 2.14. The highest BCUT2D eigenvalue weighted by atomic mass is 19.4. The first kappa shape index (κ1) is 11.3. The standard InChI is InChI=1S/C10H8F3NO/c11-10(12,13)8-4-1-5-9(14)7(8)3-2-6-15/h1-6H,14H2. The van der Waals surface area contributed by atoms with Crippen molar-refractivity contribution in [1.29, 1.82) is 0 Å². The third-order valence-corrected chi connectivity index (χ3v) is 1.79. The first-order valence-corrected chi connectivity index (χ1v) is 4.04. The molecule has 0 fully saturated rings. The number of hydrogen-bond acceptors (Lipinski definition) is 2. The van der Waals surface area contributed by atoms with Crippen molar-refractivity contribution in [3.63, 3.8) is 0 Å². The predicted molar refractivity (Wildman–Crippen MR) is 51.0 cm³/mol. The number of carbonyl (C=O) groups is 1. The molecule has 0 aliphatic rings. The number of nitrogens with two attached hydrogens (primary N) is 1. The first-order chi connectivity index (χ1) is 6.96. The minimum absolute atomic E-state index is 0.0112. The van der Waals surface area contributed by atoms with Gasteiger partial charge in [0.05, 0.1) is 5.56 Å². The molecule has 0 amide bonds. The van der Waals surface area contributed by atoms with Gasteiger partial charge in [0.15, 0.2) is 0 Å². The molecule has 0 spiro atoms. The topological polar surface area (TPSA) is 43.1 Å². The molecule has 0 saturated heterocycles. The fourth-order valence-electron chi connectivity index (χ4n) is 1.15. The summed E-state index contributed by atoms with van der Waals surface area (Å²) in [6.07, 6.45) is -2.06. The molecule has 0 atom stereocenters. The Balaban J connectivity index is 3.33. The highest BCUT2D eigenvalue weighted by Crippen LogP contribution is 2.34. The van der Waals surface area contributed by atoms with Crippen LogP contribution in [0.4, 0.5) is 18.9 Å². The average molecular weight is 215 g/mol. The van der Waals surface area contributed by atoms with Gasteiger partial charge >= 0.3 is 6.18 Å². The summed E-state index contributed by atoms with van der Waals surface area (Å²) in [4.78, 5) is 10.0. The second kappa shape index (κ2) is 4.16. The van der Waals surface area contributed by atoms with Crippen LogP contribution in [0, 0.1) is 0 Å². The van der Waals surface area contributed by atoms with Crippen LogP contribution in [0.3, 0.4) is 0 Å². The van der Waals surface area contributed by atoms with Gasteiger partial charge in [0, 0.05) is 11.3 Å².